The van der Waals surface area contributed by atoms with Crippen LogP contribution in [0.1, 0.15) is 31.3 Å². The highest BCUT2D eigenvalue weighted by Crippen LogP contribution is 2.29. The molecule has 2 N–H and O–H groups in total. The maximum Gasteiger partial charge on any atom is 0.123 e. The molecule has 2 aromatic rings. The summed E-state index contributed by atoms with van der Waals surface area (Å²) in [5, 5.41) is 13.8. The third-order valence-corrected chi connectivity index (χ3v) is 4.04. The van der Waals surface area contributed by atoms with E-state index in [1.807, 2.05) is 12.1 Å². The molecule has 3 nitrogen and oxygen atoms in total. The van der Waals surface area contributed by atoms with Crippen molar-refractivity contribution in [2.45, 2.75) is 39.8 Å². The number of aromatic nitrogens is 1. The molecule has 0 amide bonds. The molecule has 0 unspecified atom stereocenters. The number of phenols is 1. The van der Waals surface area contributed by atoms with Gasteiger partial charge in [0.15, 0.2) is 0 Å². The van der Waals surface area contributed by atoms with Crippen molar-refractivity contribution in [1.29, 1.82) is 0 Å². The van der Waals surface area contributed by atoms with Gasteiger partial charge in [-0.1, -0.05) is 20.8 Å². The number of hydrogen-bond donors (Lipinski definition) is 2. The smallest absolute Gasteiger partial charge is 0.123 e. The Morgan fingerprint density at radius 2 is 1.95 bits per heavy atom. The third kappa shape index (κ3) is 3.55. The Hall–Kier alpha value is -1.39. The van der Waals surface area contributed by atoms with E-state index in [0.717, 1.165) is 23.5 Å². The van der Waals surface area contributed by atoms with Gasteiger partial charge in [-0.2, -0.15) is 0 Å². The van der Waals surface area contributed by atoms with Crippen LogP contribution >= 0.6 is 11.3 Å². The van der Waals surface area contributed by atoms with Gasteiger partial charge < -0.3 is 10.4 Å². The van der Waals surface area contributed by atoms with E-state index in [2.05, 4.69) is 26.1 Å². The minimum Gasteiger partial charge on any atom is -0.508 e. The highest BCUT2D eigenvalue weighted by atomic mass is 32.1. The van der Waals surface area contributed by atoms with Crippen LogP contribution < -0.4 is 5.32 Å². The van der Waals surface area contributed by atoms with Crippen molar-refractivity contribution in [3.8, 4) is 16.3 Å². The van der Waals surface area contributed by atoms with Crippen LogP contribution in [-0.4, -0.2) is 16.1 Å². The van der Waals surface area contributed by atoms with Gasteiger partial charge in [-0.25, -0.2) is 4.98 Å². The summed E-state index contributed by atoms with van der Waals surface area (Å²) in [5.74, 6) is 0.290. The van der Waals surface area contributed by atoms with Crippen LogP contribution in [0.4, 0.5) is 0 Å². The summed E-state index contributed by atoms with van der Waals surface area (Å²) in [6, 6.07) is 7.70. The number of aryl methyl sites for hydroxylation is 1. The zero-order valence-corrected chi connectivity index (χ0v) is 12.4. The van der Waals surface area contributed by atoms with Crippen molar-refractivity contribution in [3.05, 3.63) is 34.8 Å². The van der Waals surface area contributed by atoms with E-state index in [1.165, 1.54) is 10.6 Å². The van der Waals surface area contributed by atoms with Gasteiger partial charge >= 0.3 is 0 Å². The molecule has 0 aliphatic heterocycles. The van der Waals surface area contributed by atoms with E-state index in [4.69, 9.17) is 4.98 Å². The second-order valence-electron chi connectivity index (χ2n) is 4.82. The lowest BCUT2D eigenvalue weighted by Gasteiger charge is -2.06. The first-order valence-corrected chi connectivity index (χ1v) is 7.43. The van der Waals surface area contributed by atoms with Gasteiger partial charge in [0.05, 0.1) is 5.69 Å². The monoisotopic (exact) mass is 276 g/mol. The first kappa shape index (κ1) is 14.0. The molecule has 1 heterocycles. The van der Waals surface area contributed by atoms with Crippen LogP contribution in [0.5, 0.6) is 5.75 Å². The van der Waals surface area contributed by atoms with Gasteiger partial charge in [0.1, 0.15) is 10.8 Å². The maximum atomic E-state index is 9.33. The number of phenolic OH excluding ortho intramolecular Hbond substituents is 1. The number of thiazole rings is 1. The zero-order chi connectivity index (χ0) is 13.8. The minimum absolute atomic E-state index is 0.290. The van der Waals surface area contributed by atoms with Gasteiger partial charge in [-0.05, 0) is 30.7 Å². The molecule has 102 valence electrons. The Morgan fingerprint density at radius 1 is 1.26 bits per heavy atom. The molecule has 0 fully saturated rings. The first-order valence-electron chi connectivity index (χ1n) is 6.61. The number of aromatic hydroxyl groups is 1. The van der Waals surface area contributed by atoms with Crippen LogP contribution in [-0.2, 0) is 13.0 Å². The lowest BCUT2D eigenvalue weighted by Crippen LogP contribution is -2.21. The Morgan fingerprint density at radius 3 is 2.53 bits per heavy atom. The molecule has 0 spiro atoms. The summed E-state index contributed by atoms with van der Waals surface area (Å²) < 4.78 is 0. The quantitative estimate of drug-likeness (QED) is 0.877. The van der Waals surface area contributed by atoms with E-state index < -0.39 is 0 Å². The maximum absolute atomic E-state index is 9.33. The van der Waals surface area contributed by atoms with Crippen molar-refractivity contribution in [1.82, 2.24) is 10.3 Å². The zero-order valence-electron chi connectivity index (χ0n) is 11.6. The number of benzene rings is 1. The summed E-state index contributed by atoms with van der Waals surface area (Å²) in [4.78, 5) is 6.01. The van der Waals surface area contributed by atoms with Crippen LogP contribution in [0, 0.1) is 0 Å². The Balaban J connectivity index is 2.25. The van der Waals surface area contributed by atoms with Gasteiger partial charge in [-0.15, -0.1) is 11.3 Å². The Kier molecular flexibility index (Phi) is 4.56. The van der Waals surface area contributed by atoms with E-state index in [0.29, 0.717) is 6.04 Å². The number of nitrogens with zero attached hydrogens (tertiary/aromatic N) is 1. The van der Waals surface area contributed by atoms with Crippen molar-refractivity contribution in [2.24, 2.45) is 0 Å². The SMILES string of the molecule is CCc1nc(-c2ccc(O)cc2)sc1CNC(C)C. The van der Waals surface area contributed by atoms with E-state index in [9.17, 15) is 5.11 Å². The molecule has 0 aliphatic rings. The molecule has 0 saturated heterocycles. The third-order valence-electron chi connectivity index (χ3n) is 2.90. The van der Waals surface area contributed by atoms with Crippen LogP contribution in [0.25, 0.3) is 10.6 Å². The lowest BCUT2D eigenvalue weighted by molar-refractivity contribution is 0.475. The van der Waals surface area contributed by atoms with Crippen molar-refractivity contribution in [2.75, 3.05) is 0 Å². The molecular weight excluding hydrogens is 256 g/mol. The fraction of sp³-hybridized carbons (Fsp3) is 0.400. The number of nitrogens with one attached hydrogen (secondary N) is 1. The summed E-state index contributed by atoms with van der Waals surface area (Å²) in [6.07, 6.45) is 0.948. The molecule has 0 bridgehead atoms. The normalized spacial score (nSPS) is 11.2. The van der Waals surface area contributed by atoms with Gasteiger partial charge in [0, 0.05) is 23.0 Å². The van der Waals surface area contributed by atoms with E-state index >= 15 is 0 Å². The van der Waals surface area contributed by atoms with Crippen LogP contribution in [0.2, 0.25) is 0 Å². The summed E-state index contributed by atoms with van der Waals surface area (Å²) in [5.41, 5.74) is 2.23. The molecule has 1 aromatic carbocycles. The topological polar surface area (TPSA) is 45.2 Å². The predicted molar refractivity (Wildman–Crippen MR) is 80.6 cm³/mol. The molecule has 0 atom stereocenters. The Bertz CT molecular complexity index is 532. The van der Waals surface area contributed by atoms with E-state index in [1.54, 1.807) is 23.5 Å². The predicted octanol–water partition coefficient (Wildman–Crippen LogP) is 3.58. The van der Waals surface area contributed by atoms with Gasteiger partial charge in [0.2, 0.25) is 0 Å². The second kappa shape index (κ2) is 6.17. The summed E-state index contributed by atoms with van der Waals surface area (Å²) in [6.45, 7) is 7.30. The minimum atomic E-state index is 0.290. The molecule has 1 aromatic heterocycles. The standard InChI is InChI=1S/C15H20N2OS/c1-4-13-14(9-16-10(2)3)19-15(17-13)11-5-7-12(18)8-6-11/h5-8,10,16,18H,4,9H2,1-3H3. The highest BCUT2D eigenvalue weighted by Gasteiger charge is 2.11. The van der Waals surface area contributed by atoms with Crippen molar-refractivity contribution < 1.29 is 5.11 Å². The first-order chi connectivity index (χ1) is 9.10. The highest BCUT2D eigenvalue weighted by molar-refractivity contribution is 7.15. The fourth-order valence-electron chi connectivity index (χ4n) is 1.82. The largest absolute Gasteiger partial charge is 0.508 e. The van der Waals surface area contributed by atoms with Crippen molar-refractivity contribution in [3.63, 3.8) is 0 Å². The molecule has 4 heteroatoms. The molecular formula is C15H20N2OS. The number of hydrogen-bond acceptors (Lipinski definition) is 4. The average Bonchev–Trinajstić information content (AvgIpc) is 2.80. The molecule has 0 aliphatic carbocycles. The summed E-state index contributed by atoms with van der Waals surface area (Å²) in [7, 11) is 0. The molecule has 0 saturated carbocycles. The Labute approximate surface area is 118 Å². The molecule has 2 rings (SSSR count). The molecule has 0 radical (unpaired) electrons. The summed E-state index contributed by atoms with van der Waals surface area (Å²) >= 11 is 1.73. The number of rotatable bonds is 5. The van der Waals surface area contributed by atoms with E-state index in [-0.39, 0.29) is 5.75 Å². The van der Waals surface area contributed by atoms with Crippen LogP contribution in [0.3, 0.4) is 0 Å². The van der Waals surface area contributed by atoms with Gasteiger partial charge in [0.25, 0.3) is 0 Å². The van der Waals surface area contributed by atoms with Crippen LogP contribution in [0.15, 0.2) is 24.3 Å². The average molecular weight is 276 g/mol. The van der Waals surface area contributed by atoms with Crippen molar-refractivity contribution >= 4 is 11.3 Å². The lowest BCUT2D eigenvalue weighted by atomic mass is 10.2. The fourth-order valence-corrected chi connectivity index (χ4v) is 2.93. The second-order valence-corrected chi connectivity index (χ2v) is 5.91. The molecule has 19 heavy (non-hydrogen) atoms. The van der Waals surface area contributed by atoms with Gasteiger partial charge in [-0.3, -0.25) is 0 Å².